The lowest BCUT2D eigenvalue weighted by Gasteiger charge is -2.07. The van der Waals surface area contributed by atoms with Crippen molar-refractivity contribution >= 4 is 38.7 Å². The Bertz CT molecular complexity index is 252. The van der Waals surface area contributed by atoms with Crippen molar-refractivity contribution in [2.45, 2.75) is 26.3 Å². The summed E-state index contributed by atoms with van der Waals surface area (Å²) in [7, 11) is 6.16. The summed E-state index contributed by atoms with van der Waals surface area (Å²) < 4.78 is 1.93. The zero-order valence-electron chi connectivity index (χ0n) is 7.51. The zero-order chi connectivity index (χ0) is 9.68. The number of aromatic nitrogens is 4. The maximum Gasteiger partial charge on any atom is 0.181 e. The molecule has 4 nitrogen and oxygen atoms in total. The number of tetrazole rings is 1. The van der Waals surface area contributed by atoms with E-state index in [1.807, 2.05) is 4.68 Å². The van der Waals surface area contributed by atoms with Gasteiger partial charge in [0, 0.05) is 13.8 Å². The van der Waals surface area contributed by atoms with Crippen molar-refractivity contribution in [3.8, 4) is 0 Å². The van der Waals surface area contributed by atoms with E-state index < -0.39 is 0 Å². The molecule has 0 aromatic carbocycles. The quantitative estimate of drug-likeness (QED) is 0.752. The van der Waals surface area contributed by atoms with Crippen molar-refractivity contribution in [3.05, 3.63) is 0 Å². The monoisotopic (exact) mass is 254 g/mol. The van der Waals surface area contributed by atoms with Gasteiger partial charge in [-0.2, -0.15) is 0 Å². The largest absolute Gasteiger partial charge is 0.225 e. The van der Waals surface area contributed by atoms with Gasteiger partial charge in [0.1, 0.15) is 0 Å². The Morgan fingerprint density at radius 3 is 3.00 bits per heavy atom. The van der Waals surface area contributed by atoms with E-state index in [-0.39, 0.29) is 7.30 Å². The molecule has 74 valence electrons. The SMILES string of the molecule is CCCCn1nnnc1P(P)PP. The molecule has 1 rings (SSSR count). The van der Waals surface area contributed by atoms with Gasteiger partial charge in [-0.3, -0.25) is 0 Å². The Labute approximate surface area is 85.6 Å². The van der Waals surface area contributed by atoms with Crippen LogP contribution in [0.15, 0.2) is 0 Å². The molecule has 0 spiro atoms. The highest BCUT2D eigenvalue weighted by Gasteiger charge is 2.11. The van der Waals surface area contributed by atoms with E-state index >= 15 is 0 Å². The van der Waals surface area contributed by atoms with Crippen LogP contribution in [0.5, 0.6) is 0 Å². The van der Waals surface area contributed by atoms with Crippen molar-refractivity contribution in [1.29, 1.82) is 0 Å². The fourth-order valence-electron chi connectivity index (χ4n) is 0.883. The standard InChI is InChI=1S/C5H14N4P4/c1-2-3-4-9-5(6-7-8-9)13(11)12-10/h12H,2-4,10-11H2,1H3. The molecular formula is C5H14N4P4. The average Bonchev–Trinajstić information content (AvgIpc) is 2.61. The maximum absolute atomic E-state index is 4.04. The fourth-order valence-corrected chi connectivity index (χ4v) is 3.94. The van der Waals surface area contributed by atoms with Crippen molar-refractivity contribution in [1.82, 2.24) is 20.2 Å². The molecule has 0 fully saturated rings. The Balaban J connectivity index is 2.65. The zero-order valence-corrected chi connectivity index (χ0v) is 11.7. The molecule has 4 atom stereocenters. The fraction of sp³-hybridized carbons (Fsp3) is 0.800. The van der Waals surface area contributed by atoms with Crippen molar-refractivity contribution in [3.63, 3.8) is 0 Å². The Hall–Kier alpha value is 0.790. The Morgan fingerprint density at radius 2 is 2.38 bits per heavy atom. The highest BCUT2D eigenvalue weighted by Crippen LogP contribution is 2.64. The summed E-state index contributed by atoms with van der Waals surface area (Å²) >= 11 is 0. The smallest absolute Gasteiger partial charge is 0.181 e. The lowest BCUT2D eigenvalue weighted by atomic mass is 10.3. The molecular weight excluding hydrogens is 240 g/mol. The second kappa shape index (κ2) is 6.31. The summed E-state index contributed by atoms with van der Waals surface area (Å²) in [4.78, 5) is 0. The van der Waals surface area contributed by atoms with Crippen LogP contribution < -0.4 is 5.57 Å². The third-order valence-corrected chi connectivity index (χ3v) is 11.3. The van der Waals surface area contributed by atoms with Crippen LogP contribution >= 0.6 is 33.1 Å². The van der Waals surface area contributed by atoms with E-state index in [1.165, 1.54) is 6.42 Å². The minimum absolute atomic E-state index is 0.240. The summed E-state index contributed by atoms with van der Waals surface area (Å²) in [6, 6.07) is 0. The molecule has 0 amide bonds. The van der Waals surface area contributed by atoms with Crippen LogP contribution in [0.4, 0.5) is 0 Å². The number of hydrogen-bond acceptors (Lipinski definition) is 3. The first-order chi connectivity index (χ1) is 6.29. The van der Waals surface area contributed by atoms with Crippen LogP contribution in [-0.2, 0) is 6.54 Å². The van der Waals surface area contributed by atoms with Crippen molar-refractivity contribution in [2.24, 2.45) is 0 Å². The van der Waals surface area contributed by atoms with Gasteiger partial charge in [-0.15, -0.1) is 14.0 Å². The molecule has 8 heteroatoms. The summed E-state index contributed by atoms with van der Waals surface area (Å²) in [5, 5.41) is 11.7. The Kier molecular flexibility index (Phi) is 5.75. The van der Waals surface area contributed by atoms with Crippen LogP contribution in [0.1, 0.15) is 19.8 Å². The van der Waals surface area contributed by atoms with Gasteiger partial charge < -0.3 is 0 Å². The maximum atomic E-state index is 4.04. The van der Waals surface area contributed by atoms with E-state index in [0.717, 1.165) is 26.5 Å². The molecule has 0 aliphatic carbocycles. The molecule has 0 radical (unpaired) electrons. The third-order valence-electron chi connectivity index (χ3n) is 1.59. The van der Waals surface area contributed by atoms with Gasteiger partial charge in [0.25, 0.3) is 0 Å². The van der Waals surface area contributed by atoms with Crippen molar-refractivity contribution < 1.29 is 0 Å². The van der Waals surface area contributed by atoms with E-state index in [1.54, 1.807) is 0 Å². The van der Waals surface area contributed by atoms with Gasteiger partial charge in [0.05, 0.1) is 0 Å². The van der Waals surface area contributed by atoms with Crippen LogP contribution in [0.25, 0.3) is 0 Å². The molecule has 0 bridgehead atoms. The predicted molar refractivity (Wildman–Crippen MR) is 67.0 cm³/mol. The topological polar surface area (TPSA) is 43.6 Å². The average molecular weight is 254 g/mol. The van der Waals surface area contributed by atoms with Crippen LogP contribution in [0.2, 0.25) is 0 Å². The second-order valence-electron chi connectivity index (χ2n) is 2.55. The molecule has 1 aromatic rings. The number of unbranched alkanes of at least 4 members (excludes halogenated alkanes) is 1. The predicted octanol–water partition coefficient (Wildman–Crippen LogP) is 1.75. The normalized spacial score (nSPS) is 14.1. The summed E-state index contributed by atoms with van der Waals surface area (Å²) in [5.41, 5.74) is 1.04. The first-order valence-electron chi connectivity index (χ1n) is 4.06. The van der Waals surface area contributed by atoms with E-state index in [9.17, 15) is 0 Å². The summed E-state index contributed by atoms with van der Waals surface area (Å²) in [6.07, 6.45) is 2.32. The van der Waals surface area contributed by atoms with Crippen LogP contribution in [-0.4, -0.2) is 20.2 Å². The summed E-state index contributed by atoms with van der Waals surface area (Å²) in [6.45, 7) is 3.12. The molecule has 0 aliphatic rings. The van der Waals surface area contributed by atoms with Gasteiger partial charge >= 0.3 is 0 Å². The molecule has 13 heavy (non-hydrogen) atoms. The molecule has 1 aromatic heterocycles. The van der Waals surface area contributed by atoms with Gasteiger partial charge in [0.15, 0.2) is 5.57 Å². The molecule has 0 aliphatic heterocycles. The molecule has 0 saturated heterocycles. The molecule has 1 heterocycles. The highest BCUT2D eigenvalue weighted by atomic mass is 32.6. The van der Waals surface area contributed by atoms with Gasteiger partial charge in [-0.1, -0.05) is 30.2 Å². The van der Waals surface area contributed by atoms with E-state index in [0.29, 0.717) is 0 Å². The minimum atomic E-state index is -0.240. The lowest BCUT2D eigenvalue weighted by molar-refractivity contribution is 0.563. The molecule has 0 saturated carbocycles. The number of hydrogen-bond donors (Lipinski definition) is 0. The van der Waals surface area contributed by atoms with Crippen molar-refractivity contribution in [2.75, 3.05) is 0 Å². The molecule has 4 unspecified atom stereocenters. The molecule has 0 N–H and O–H groups in total. The van der Waals surface area contributed by atoms with E-state index in [4.69, 9.17) is 0 Å². The van der Waals surface area contributed by atoms with Gasteiger partial charge in [-0.25, -0.2) is 4.68 Å². The van der Waals surface area contributed by atoms with Gasteiger partial charge in [0.2, 0.25) is 0 Å². The minimum Gasteiger partial charge on any atom is -0.225 e. The number of rotatable bonds is 5. The van der Waals surface area contributed by atoms with Crippen LogP contribution in [0.3, 0.4) is 0 Å². The third kappa shape index (κ3) is 3.45. The first kappa shape index (κ1) is 11.9. The Morgan fingerprint density at radius 1 is 1.62 bits per heavy atom. The summed E-state index contributed by atoms with van der Waals surface area (Å²) in [5.74, 6) is 0. The van der Waals surface area contributed by atoms with Gasteiger partial charge in [-0.05, 0) is 16.8 Å². The second-order valence-corrected chi connectivity index (χ2v) is 11.6. The highest BCUT2D eigenvalue weighted by molar-refractivity contribution is 8.63. The van der Waals surface area contributed by atoms with Crippen LogP contribution in [0, 0.1) is 0 Å². The first-order valence-corrected chi connectivity index (χ1v) is 10.7. The van der Waals surface area contributed by atoms with E-state index in [2.05, 4.69) is 40.3 Å². The number of nitrogens with zero attached hydrogens (tertiary/aromatic N) is 4. The number of aryl methyl sites for hydroxylation is 1. The lowest BCUT2D eigenvalue weighted by Crippen LogP contribution is -2.15.